The van der Waals surface area contributed by atoms with Crippen molar-refractivity contribution in [2.75, 3.05) is 5.32 Å². The number of amides is 1. The van der Waals surface area contributed by atoms with Gasteiger partial charge in [0.2, 0.25) is 5.43 Å². The minimum absolute atomic E-state index is 0.0387. The molecule has 2 N–H and O–H groups in total. The van der Waals surface area contributed by atoms with Crippen LogP contribution in [0.2, 0.25) is 5.02 Å². The zero-order valence-corrected chi connectivity index (χ0v) is 13.5. The average molecular weight is 341 g/mol. The number of halogens is 1. The summed E-state index contributed by atoms with van der Waals surface area (Å²) < 4.78 is 0. The van der Waals surface area contributed by atoms with E-state index >= 15 is 0 Å². The van der Waals surface area contributed by atoms with Crippen molar-refractivity contribution in [1.82, 2.24) is 4.98 Å². The highest BCUT2D eigenvalue weighted by Gasteiger charge is 2.15. The largest absolute Gasteiger partial charge is 0.360 e. The van der Waals surface area contributed by atoms with Gasteiger partial charge in [-0.3, -0.25) is 14.4 Å². The highest BCUT2D eigenvalue weighted by molar-refractivity contribution is 6.31. The Labute approximate surface area is 142 Å². The van der Waals surface area contributed by atoms with Gasteiger partial charge in [0.25, 0.3) is 5.91 Å². The Hall–Kier alpha value is -2.92. The van der Waals surface area contributed by atoms with Crippen LogP contribution in [0, 0.1) is 0 Å². The summed E-state index contributed by atoms with van der Waals surface area (Å²) in [5.74, 6) is -0.755. The molecule has 1 heterocycles. The molecule has 0 fully saturated rings. The number of benzene rings is 2. The van der Waals surface area contributed by atoms with Gasteiger partial charge in [0.15, 0.2) is 5.78 Å². The first-order valence-corrected chi connectivity index (χ1v) is 7.57. The molecule has 0 unspecified atom stereocenters. The van der Waals surface area contributed by atoms with Gasteiger partial charge < -0.3 is 10.3 Å². The number of ketones is 1. The number of rotatable bonds is 3. The number of Topliss-reactive ketones (excluding diaryl/α,β-unsaturated/α-hetero) is 1. The fourth-order valence-electron chi connectivity index (χ4n) is 2.45. The van der Waals surface area contributed by atoms with E-state index in [1.54, 1.807) is 42.5 Å². The number of pyridine rings is 1. The summed E-state index contributed by atoms with van der Waals surface area (Å²) in [6, 6.07) is 11.4. The van der Waals surface area contributed by atoms with Crippen LogP contribution in [-0.2, 0) is 0 Å². The predicted octanol–water partition coefficient (Wildman–Crippen LogP) is 3.64. The number of carbonyl (C=O) groups is 2. The minimum atomic E-state index is -0.582. The van der Waals surface area contributed by atoms with E-state index in [1.807, 2.05) is 0 Å². The van der Waals surface area contributed by atoms with Gasteiger partial charge in [-0.05, 0) is 37.3 Å². The summed E-state index contributed by atoms with van der Waals surface area (Å²) >= 11 is 5.89. The van der Waals surface area contributed by atoms with Crippen LogP contribution in [0.3, 0.4) is 0 Å². The number of aromatic amines is 1. The first-order chi connectivity index (χ1) is 11.5. The van der Waals surface area contributed by atoms with E-state index in [-0.39, 0.29) is 11.3 Å². The lowest BCUT2D eigenvalue weighted by atomic mass is 10.1. The molecule has 2 aromatic carbocycles. The predicted molar refractivity (Wildman–Crippen MR) is 94.0 cm³/mol. The van der Waals surface area contributed by atoms with Gasteiger partial charge in [-0.1, -0.05) is 23.7 Å². The standard InChI is InChI=1S/C18H13ClN2O3/c1-10(22)12-4-2-3-5-15(12)21-18(24)14-9-20-16-8-11(19)6-7-13(16)17(14)23/h2-9H,1H3,(H,20,23)(H,21,24). The van der Waals surface area contributed by atoms with Gasteiger partial charge in [0.1, 0.15) is 5.56 Å². The number of nitrogens with one attached hydrogen (secondary N) is 2. The molecule has 3 aromatic rings. The number of aromatic nitrogens is 1. The molecule has 1 aromatic heterocycles. The van der Waals surface area contributed by atoms with E-state index in [2.05, 4.69) is 10.3 Å². The first kappa shape index (κ1) is 16.0. The van der Waals surface area contributed by atoms with Crippen LogP contribution < -0.4 is 10.7 Å². The van der Waals surface area contributed by atoms with Crippen LogP contribution in [0.4, 0.5) is 5.69 Å². The second kappa shape index (κ2) is 6.29. The minimum Gasteiger partial charge on any atom is -0.360 e. The maximum absolute atomic E-state index is 12.5. The third kappa shape index (κ3) is 2.94. The molecule has 0 spiro atoms. The SMILES string of the molecule is CC(=O)c1ccccc1NC(=O)c1c[nH]c2cc(Cl)ccc2c1=O. The summed E-state index contributed by atoms with van der Waals surface area (Å²) in [5, 5.41) is 3.48. The molecule has 1 amide bonds. The monoisotopic (exact) mass is 340 g/mol. The van der Waals surface area contributed by atoms with E-state index in [4.69, 9.17) is 11.6 Å². The molecule has 120 valence electrons. The van der Waals surface area contributed by atoms with E-state index in [0.717, 1.165) is 0 Å². The van der Waals surface area contributed by atoms with Gasteiger partial charge in [0.05, 0.1) is 11.2 Å². The van der Waals surface area contributed by atoms with Crippen LogP contribution in [0.15, 0.2) is 53.5 Å². The molecule has 5 nitrogen and oxygen atoms in total. The normalized spacial score (nSPS) is 10.6. The quantitative estimate of drug-likeness (QED) is 0.714. The van der Waals surface area contributed by atoms with Crippen molar-refractivity contribution in [2.24, 2.45) is 0 Å². The van der Waals surface area contributed by atoms with Gasteiger partial charge in [0, 0.05) is 22.2 Å². The van der Waals surface area contributed by atoms with Gasteiger partial charge >= 0.3 is 0 Å². The maximum atomic E-state index is 12.5. The molecule has 0 saturated heterocycles. The second-order valence-electron chi connectivity index (χ2n) is 5.28. The number of anilines is 1. The highest BCUT2D eigenvalue weighted by Crippen LogP contribution is 2.18. The fourth-order valence-corrected chi connectivity index (χ4v) is 2.62. The summed E-state index contributed by atoms with van der Waals surface area (Å²) in [5.41, 5.74) is 0.857. The number of para-hydroxylation sites is 1. The zero-order valence-electron chi connectivity index (χ0n) is 12.7. The summed E-state index contributed by atoms with van der Waals surface area (Å²) in [6.07, 6.45) is 1.34. The van der Waals surface area contributed by atoms with Crippen molar-refractivity contribution in [2.45, 2.75) is 6.92 Å². The Bertz CT molecular complexity index is 1020. The Balaban J connectivity index is 2.01. The lowest BCUT2D eigenvalue weighted by Gasteiger charge is -2.09. The second-order valence-corrected chi connectivity index (χ2v) is 5.71. The van der Waals surface area contributed by atoms with E-state index in [1.165, 1.54) is 13.1 Å². The molecular formula is C18H13ClN2O3. The van der Waals surface area contributed by atoms with E-state index in [9.17, 15) is 14.4 Å². The molecular weight excluding hydrogens is 328 g/mol. The molecule has 24 heavy (non-hydrogen) atoms. The Morgan fingerprint density at radius 3 is 2.58 bits per heavy atom. The average Bonchev–Trinajstić information content (AvgIpc) is 2.55. The Morgan fingerprint density at radius 2 is 1.83 bits per heavy atom. The summed E-state index contributed by atoms with van der Waals surface area (Å²) in [6.45, 7) is 1.41. The number of hydrogen-bond acceptors (Lipinski definition) is 3. The number of H-pyrrole nitrogens is 1. The van der Waals surface area contributed by atoms with Crippen molar-refractivity contribution in [1.29, 1.82) is 0 Å². The van der Waals surface area contributed by atoms with Crippen molar-refractivity contribution in [3.63, 3.8) is 0 Å². The van der Waals surface area contributed by atoms with Crippen molar-refractivity contribution >= 4 is 39.9 Å². The highest BCUT2D eigenvalue weighted by atomic mass is 35.5. The Kier molecular flexibility index (Phi) is 4.18. The molecule has 0 aliphatic heterocycles. The lowest BCUT2D eigenvalue weighted by Crippen LogP contribution is -2.22. The van der Waals surface area contributed by atoms with Crippen molar-refractivity contribution in [3.8, 4) is 0 Å². The van der Waals surface area contributed by atoms with Crippen LogP contribution in [0.1, 0.15) is 27.6 Å². The molecule has 0 aliphatic carbocycles. The topological polar surface area (TPSA) is 79.0 Å². The third-order valence-electron chi connectivity index (χ3n) is 3.64. The molecule has 0 radical (unpaired) electrons. The molecule has 6 heteroatoms. The lowest BCUT2D eigenvalue weighted by molar-refractivity contribution is 0.101. The smallest absolute Gasteiger partial charge is 0.261 e. The van der Waals surface area contributed by atoms with Gasteiger partial charge in [-0.2, -0.15) is 0 Å². The van der Waals surface area contributed by atoms with Crippen LogP contribution in [0.5, 0.6) is 0 Å². The maximum Gasteiger partial charge on any atom is 0.261 e. The third-order valence-corrected chi connectivity index (χ3v) is 3.88. The van der Waals surface area contributed by atoms with Crippen molar-refractivity contribution in [3.05, 3.63) is 75.0 Å². The molecule has 0 atom stereocenters. The van der Waals surface area contributed by atoms with Crippen LogP contribution >= 0.6 is 11.6 Å². The number of fused-ring (bicyclic) bond motifs is 1. The summed E-state index contributed by atoms with van der Waals surface area (Å²) in [7, 11) is 0. The number of carbonyl (C=O) groups excluding carboxylic acids is 2. The fraction of sp³-hybridized carbons (Fsp3) is 0.0556. The van der Waals surface area contributed by atoms with Gasteiger partial charge in [-0.15, -0.1) is 0 Å². The molecule has 0 saturated carbocycles. The number of hydrogen-bond donors (Lipinski definition) is 2. The summed E-state index contributed by atoms with van der Waals surface area (Å²) in [4.78, 5) is 39.5. The molecule has 0 aliphatic rings. The first-order valence-electron chi connectivity index (χ1n) is 7.19. The van der Waals surface area contributed by atoms with E-state index < -0.39 is 11.3 Å². The van der Waals surface area contributed by atoms with Crippen LogP contribution in [-0.4, -0.2) is 16.7 Å². The van der Waals surface area contributed by atoms with Gasteiger partial charge in [-0.25, -0.2) is 0 Å². The Morgan fingerprint density at radius 1 is 1.08 bits per heavy atom. The van der Waals surface area contributed by atoms with E-state index in [0.29, 0.717) is 27.2 Å². The van der Waals surface area contributed by atoms with Crippen molar-refractivity contribution < 1.29 is 9.59 Å². The molecule has 0 bridgehead atoms. The van der Waals surface area contributed by atoms with Crippen LogP contribution in [0.25, 0.3) is 10.9 Å². The zero-order chi connectivity index (χ0) is 17.3. The molecule has 3 rings (SSSR count).